The molecule has 2 rings (SSSR count). The zero-order valence-electron chi connectivity index (χ0n) is 8.68. The van der Waals surface area contributed by atoms with Gasteiger partial charge < -0.3 is 4.57 Å². The van der Waals surface area contributed by atoms with Crippen LogP contribution >= 0.6 is 46.3 Å². The van der Waals surface area contributed by atoms with E-state index in [1.807, 2.05) is 7.05 Å². The van der Waals surface area contributed by atoms with Crippen LogP contribution in [0.3, 0.4) is 0 Å². The average Bonchev–Trinajstić information content (AvgIpc) is 2.81. The van der Waals surface area contributed by atoms with Crippen LogP contribution in [0.25, 0.3) is 0 Å². The van der Waals surface area contributed by atoms with Gasteiger partial charge in [-0.25, -0.2) is 0 Å². The largest absolute Gasteiger partial charge is 0.312 e. The van der Waals surface area contributed by atoms with E-state index in [1.54, 1.807) is 17.0 Å². The molecular weight excluding hydrogens is 301 g/mol. The predicted molar refractivity (Wildman–Crippen MR) is 70.4 cm³/mol. The van der Waals surface area contributed by atoms with E-state index in [4.69, 9.17) is 23.2 Å². The van der Waals surface area contributed by atoms with E-state index < -0.39 is 0 Å². The van der Waals surface area contributed by atoms with Gasteiger partial charge in [0, 0.05) is 12.6 Å². The Bertz CT molecular complexity index is 552. The Balaban J connectivity index is 2.03. The lowest BCUT2D eigenvalue weighted by atomic mass is 10.2. The van der Waals surface area contributed by atoms with Crippen LogP contribution in [-0.4, -0.2) is 26.3 Å². The summed E-state index contributed by atoms with van der Waals surface area (Å²) in [5.74, 6) is 0.199. The maximum absolute atomic E-state index is 11.9. The first-order valence-corrected chi connectivity index (χ1v) is 7.08. The quantitative estimate of drug-likeness (QED) is 0.643. The third kappa shape index (κ3) is 3.01. The van der Waals surface area contributed by atoms with E-state index >= 15 is 0 Å². The second kappa shape index (κ2) is 5.39. The van der Waals surface area contributed by atoms with Crippen LogP contribution in [0.2, 0.25) is 8.67 Å². The number of rotatable bonds is 4. The van der Waals surface area contributed by atoms with Crippen molar-refractivity contribution in [3.05, 3.63) is 26.6 Å². The first-order valence-electron chi connectivity index (χ1n) is 4.52. The van der Waals surface area contributed by atoms with Gasteiger partial charge in [-0.3, -0.25) is 4.79 Å². The Morgan fingerprint density at radius 3 is 2.88 bits per heavy atom. The van der Waals surface area contributed by atoms with Crippen molar-refractivity contribution < 1.29 is 4.79 Å². The van der Waals surface area contributed by atoms with Crippen molar-refractivity contribution in [3.63, 3.8) is 0 Å². The molecule has 0 amide bonds. The maximum Gasteiger partial charge on any atom is 0.191 e. The van der Waals surface area contributed by atoms with Gasteiger partial charge in [-0.1, -0.05) is 35.0 Å². The minimum atomic E-state index is -0.0637. The number of ketones is 1. The number of aromatic nitrogens is 3. The summed E-state index contributed by atoms with van der Waals surface area (Å²) in [4.78, 5) is 11.9. The second-order valence-corrected chi connectivity index (χ2v) is 6.40. The van der Waals surface area contributed by atoms with Gasteiger partial charge in [0.1, 0.15) is 10.7 Å². The number of nitrogens with zero attached hydrogens (tertiary/aromatic N) is 3. The third-order valence-corrected chi connectivity index (χ3v) is 4.48. The van der Waals surface area contributed by atoms with Crippen LogP contribution in [-0.2, 0) is 7.05 Å². The van der Waals surface area contributed by atoms with Crippen molar-refractivity contribution in [1.82, 2.24) is 14.8 Å². The molecule has 0 radical (unpaired) electrons. The molecule has 90 valence electrons. The number of hydrogen-bond acceptors (Lipinski definition) is 5. The van der Waals surface area contributed by atoms with Gasteiger partial charge in [-0.15, -0.1) is 21.5 Å². The molecule has 0 atom stereocenters. The monoisotopic (exact) mass is 307 g/mol. The molecule has 0 bridgehead atoms. The summed E-state index contributed by atoms with van der Waals surface area (Å²) in [6.07, 6.45) is 1.58. The summed E-state index contributed by atoms with van der Waals surface area (Å²) in [5.41, 5.74) is 0.469. The molecule has 0 aromatic carbocycles. The fraction of sp³-hybridized carbons (Fsp3) is 0.222. The molecule has 4 nitrogen and oxygen atoms in total. The fourth-order valence-corrected chi connectivity index (χ4v) is 3.41. The van der Waals surface area contributed by atoms with Gasteiger partial charge in [-0.05, 0) is 6.07 Å². The molecule has 0 saturated carbocycles. The number of aryl methyl sites for hydroxylation is 1. The van der Waals surface area contributed by atoms with E-state index in [0.717, 1.165) is 0 Å². The number of halogens is 2. The molecule has 0 saturated heterocycles. The standard InChI is InChI=1S/C9H7Cl2N3OS2/c1-14-4-12-13-9(14)16-3-6(15)5-2-7(10)17-8(5)11/h2,4H,3H2,1H3. The Labute approximate surface area is 116 Å². The Morgan fingerprint density at radius 1 is 1.59 bits per heavy atom. The highest BCUT2D eigenvalue weighted by molar-refractivity contribution is 7.99. The van der Waals surface area contributed by atoms with Crippen molar-refractivity contribution >= 4 is 52.1 Å². The summed E-state index contributed by atoms with van der Waals surface area (Å²) in [6, 6.07) is 1.59. The molecule has 17 heavy (non-hydrogen) atoms. The van der Waals surface area contributed by atoms with Crippen LogP contribution in [0.1, 0.15) is 10.4 Å². The van der Waals surface area contributed by atoms with Gasteiger partial charge in [0.15, 0.2) is 10.9 Å². The van der Waals surface area contributed by atoms with E-state index in [1.165, 1.54) is 23.1 Å². The third-order valence-electron chi connectivity index (χ3n) is 1.96. The van der Waals surface area contributed by atoms with Crippen LogP contribution < -0.4 is 0 Å². The smallest absolute Gasteiger partial charge is 0.191 e. The topological polar surface area (TPSA) is 47.8 Å². The Morgan fingerprint density at radius 2 is 2.35 bits per heavy atom. The molecule has 0 unspecified atom stereocenters. The molecule has 0 aliphatic heterocycles. The van der Waals surface area contributed by atoms with Crippen molar-refractivity contribution in [1.29, 1.82) is 0 Å². The summed E-state index contributed by atoms with van der Waals surface area (Å²) < 4.78 is 2.70. The molecule has 2 aromatic rings. The van der Waals surface area contributed by atoms with Crippen molar-refractivity contribution in [2.75, 3.05) is 5.75 Å². The highest BCUT2D eigenvalue weighted by atomic mass is 35.5. The molecule has 0 fully saturated rings. The number of thiophene rings is 1. The minimum absolute atomic E-state index is 0.0637. The van der Waals surface area contributed by atoms with Crippen LogP contribution in [0.15, 0.2) is 17.6 Å². The first kappa shape index (κ1) is 12.9. The molecule has 0 aliphatic carbocycles. The predicted octanol–water partition coefficient (Wildman–Crippen LogP) is 3.16. The average molecular weight is 308 g/mol. The molecule has 2 heterocycles. The lowest BCUT2D eigenvalue weighted by molar-refractivity contribution is 0.102. The number of carbonyl (C=O) groups excluding carboxylic acids is 1. The Hall–Kier alpha value is -0.560. The van der Waals surface area contributed by atoms with Crippen molar-refractivity contribution in [2.45, 2.75) is 5.16 Å². The molecule has 0 aliphatic rings. The highest BCUT2D eigenvalue weighted by Gasteiger charge is 2.15. The second-order valence-electron chi connectivity index (χ2n) is 3.17. The van der Waals surface area contributed by atoms with Crippen LogP contribution in [0.5, 0.6) is 0 Å². The van der Waals surface area contributed by atoms with Gasteiger partial charge in [0.2, 0.25) is 0 Å². The summed E-state index contributed by atoms with van der Waals surface area (Å²) in [7, 11) is 1.82. The van der Waals surface area contributed by atoms with Crippen molar-refractivity contribution in [2.24, 2.45) is 7.05 Å². The van der Waals surface area contributed by atoms with Crippen LogP contribution in [0.4, 0.5) is 0 Å². The lowest BCUT2D eigenvalue weighted by Gasteiger charge is -1.99. The number of thioether (sulfide) groups is 1. The van der Waals surface area contributed by atoms with E-state index in [-0.39, 0.29) is 11.5 Å². The molecule has 8 heteroatoms. The summed E-state index contributed by atoms with van der Waals surface area (Å²) in [5, 5.41) is 8.30. The molecule has 0 spiro atoms. The normalized spacial score (nSPS) is 10.8. The highest BCUT2D eigenvalue weighted by Crippen LogP contribution is 2.32. The summed E-state index contributed by atoms with van der Waals surface area (Å²) in [6.45, 7) is 0. The fourth-order valence-electron chi connectivity index (χ4n) is 1.14. The van der Waals surface area contributed by atoms with E-state index in [9.17, 15) is 4.79 Å². The zero-order chi connectivity index (χ0) is 12.4. The molecule has 2 aromatic heterocycles. The van der Waals surface area contributed by atoms with Gasteiger partial charge >= 0.3 is 0 Å². The van der Waals surface area contributed by atoms with Gasteiger partial charge in [0.25, 0.3) is 0 Å². The minimum Gasteiger partial charge on any atom is -0.312 e. The lowest BCUT2D eigenvalue weighted by Crippen LogP contribution is -2.02. The van der Waals surface area contributed by atoms with Gasteiger partial charge in [-0.2, -0.15) is 0 Å². The molecule has 0 N–H and O–H groups in total. The Kier molecular flexibility index (Phi) is 4.09. The SMILES string of the molecule is Cn1cnnc1SCC(=O)c1cc(Cl)sc1Cl. The van der Waals surface area contributed by atoms with Crippen molar-refractivity contribution in [3.8, 4) is 0 Å². The number of hydrogen-bond donors (Lipinski definition) is 0. The number of Topliss-reactive ketones (excluding diaryl/α,β-unsaturated/α-hetero) is 1. The summed E-state index contributed by atoms with van der Waals surface area (Å²) >= 11 is 14.2. The van der Waals surface area contributed by atoms with E-state index in [2.05, 4.69) is 10.2 Å². The zero-order valence-corrected chi connectivity index (χ0v) is 11.8. The first-order chi connectivity index (χ1) is 8.08. The molecular formula is C9H7Cl2N3OS2. The maximum atomic E-state index is 11.9. The van der Waals surface area contributed by atoms with Crippen LogP contribution in [0, 0.1) is 0 Å². The van der Waals surface area contributed by atoms with Gasteiger partial charge in [0.05, 0.1) is 10.1 Å². The van der Waals surface area contributed by atoms with E-state index in [0.29, 0.717) is 19.4 Å². The number of carbonyl (C=O) groups is 1.